The van der Waals surface area contributed by atoms with Gasteiger partial charge < -0.3 is 15.4 Å². The number of halogens is 3. The van der Waals surface area contributed by atoms with E-state index in [1.54, 1.807) is 23.1 Å². The van der Waals surface area contributed by atoms with Gasteiger partial charge in [-0.15, -0.1) is 0 Å². The fourth-order valence-corrected chi connectivity index (χ4v) is 4.70. The van der Waals surface area contributed by atoms with Gasteiger partial charge in [0, 0.05) is 36.4 Å². The van der Waals surface area contributed by atoms with Crippen LogP contribution >= 0.6 is 0 Å². The molecule has 2 N–H and O–H groups in total. The van der Waals surface area contributed by atoms with E-state index in [9.17, 15) is 18.0 Å². The van der Waals surface area contributed by atoms with Crippen molar-refractivity contribution < 1.29 is 22.7 Å². The molecule has 1 fully saturated rings. The summed E-state index contributed by atoms with van der Waals surface area (Å²) in [6, 6.07) is 9.43. The van der Waals surface area contributed by atoms with Gasteiger partial charge in [-0.2, -0.15) is 13.2 Å². The molecule has 186 valence electrons. The molecule has 0 radical (unpaired) electrons. The van der Waals surface area contributed by atoms with E-state index in [2.05, 4.69) is 9.97 Å². The van der Waals surface area contributed by atoms with Crippen LogP contribution in [0.5, 0.6) is 0 Å². The van der Waals surface area contributed by atoms with Crippen LogP contribution in [0.4, 0.5) is 19.0 Å². The maximum Gasteiger partial charge on any atom is 0.417 e. The van der Waals surface area contributed by atoms with Crippen LogP contribution in [0, 0.1) is 12.8 Å². The Kier molecular flexibility index (Phi) is 7.25. The highest BCUT2D eigenvalue weighted by atomic mass is 19.4. The second kappa shape index (κ2) is 10.2. The van der Waals surface area contributed by atoms with Gasteiger partial charge in [0.1, 0.15) is 5.82 Å². The van der Waals surface area contributed by atoms with Crippen LogP contribution in [0.2, 0.25) is 0 Å². The SMILES string of the molecule is CCC(C1CCOCC1)N(Cc1ccc(C(F)(F)F)cn1)C(=O)c1ccc2nc(N)c(C)cc2c1. The van der Waals surface area contributed by atoms with Gasteiger partial charge in [-0.1, -0.05) is 6.92 Å². The first kappa shape index (κ1) is 24.9. The smallest absolute Gasteiger partial charge is 0.383 e. The summed E-state index contributed by atoms with van der Waals surface area (Å²) in [6.07, 6.45) is -1.29. The third-order valence-corrected chi connectivity index (χ3v) is 6.67. The first-order chi connectivity index (χ1) is 16.7. The predicted molar refractivity (Wildman–Crippen MR) is 128 cm³/mol. The van der Waals surface area contributed by atoms with Crippen molar-refractivity contribution in [3.63, 3.8) is 0 Å². The maximum absolute atomic E-state index is 13.9. The highest BCUT2D eigenvalue weighted by molar-refractivity contribution is 5.98. The van der Waals surface area contributed by atoms with Crippen LogP contribution in [0.1, 0.15) is 53.4 Å². The Hall–Kier alpha value is -3.20. The topological polar surface area (TPSA) is 81.3 Å². The summed E-state index contributed by atoms with van der Waals surface area (Å²) in [4.78, 5) is 24.0. The van der Waals surface area contributed by atoms with Crippen molar-refractivity contribution in [2.75, 3.05) is 18.9 Å². The standard InChI is InChI=1S/C26H29F3N4O2/c1-3-23(17-8-10-35-11-9-17)33(15-21-6-5-20(14-31-21)26(27,28)29)25(34)18-4-7-22-19(13-18)12-16(2)24(30)32-22/h4-7,12-14,17,23H,3,8-11,15H2,1-2H3,(H2,30,32). The number of hydrogen-bond donors (Lipinski definition) is 1. The van der Waals surface area contributed by atoms with Gasteiger partial charge in [0.25, 0.3) is 5.91 Å². The van der Waals surface area contributed by atoms with E-state index in [4.69, 9.17) is 10.5 Å². The predicted octanol–water partition coefficient (Wildman–Crippen LogP) is 5.39. The zero-order valence-electron chi connectivity index (χ0n) is 19.8. The second-order valence-corrected chi connectivity index (χ2v) is 8.99. The van der Waals surface area contributed by atoms with Crippen LogP contribution in [-0.4, -0.2) is 40.0 Å². The second-order valence-electron chi connectivity index (χ2n) is 8.99. The van der Waals surface area contributed by atoms with Gasteiger partial charge in [0.15, 0.2) is 0 Å². The van der Waals surface area contributed by atoms with Gasteiger partial charge in [0.2, 0.25) is 0 Å². The fourth-order valence-electron chi connectivity index (χ4n) is 4.70. The summed E-state index contributed by atoms with van der Waals surface area (Å²) in [6.45, 7) is 5.26. The zero-order chi connectivity index (χ0) is 25.2. The highest BCUT2D eigenvalue weighted by Gasteiger charge is 2.33. The lowest BCUT2D eigenvalue weighted by molar-refractivity contribution is -0.137. The third-order valence-electron chi connectivity index (χ3n) is 6.67. The molecular formula is C26H29F3N4O2. The summed E-state index contributed by atoms with van der Waals surface area (Å²) in [7, 11) is 0. The molecule has 4 rings (SSSR count). The maximum atomic E-state index is 13.9. The number of nitrogens with zero attached hydrogens (tertiary/aromatic N) is 3. The van der Waals surface area contributed by atoms with E-state index < -0.39 is 11.7 Å². The summed E-state index contributed by atoms with van der Waals surface area (Å²) >= 11 is 0. The molecule has 35 heavy (non-hydrogen) atoms. The summed E-state index contributed by atoms with van der Waals surface area (Å²) in [5.41, 5.74) is 7.51. The number of fused-ring (bicyclic) bond motifs is 1. The molecule has 1 atom stereocenters. The molecule has 1 saturated heterocycles. The number of ether oxygens (including phenoxy) is 1. The molecular weight excluding hydrogens is 457 g/mol. The Bertz CT molecular complexity index is 1190. The molecule has 6 nitrogen and oxygen atoms in total. The summed E-state index contributed by atoms with van der Waals surface area (Å²) < 4.78 is 44.5. The molecule has 0 saturated carbocycles. The van der Waals surface area contributed by atoms with Crippen molar-refractivity contribution in [1.82, 2.24) is 14.9 Å². The molecule has 0 spiro atoms. The number of nitrogen functional groups attached to an aromatic ring is 1. The lowest BCUT2D eigenvalue weighted by atomic mass is 9.88. The van der Waals surface area contributed by atoms with Crippen molar-refractivity contribution in [1.29, 1.82) is 0 Å². The molecule has 0 aliphatic carbocycles. The van der Waals surface area contributed by atoms with Crippen LogP contribution < -0.4 is 5.73 Å². The molecule has 1 aliphatic rings. The normalized spacial score (nSPS) is 15.8. The van der Waals surface area contributed by atoms with Crippen molar-refractivity contribution in [2.24, 2.45) is 5.92 Å². The molecule has 1 unspecified atom stereocenters. The van der Waals surface area contributed by atoms with Crippen molar-refractivity contribution in [3.05, 3.63) is 65.0 Å². The number of alkyl halides is 3. The highest BCUT2D eigenvalue weighted by Crippen LogP contribution is 2.31. The number of carbonyl (C=O) groups excluding carboxylic acids is 1. The average Bonchev–Trinajstić information content (AvgIpc) is 2.84. The van der Waals surface area contributed by atoms with Crippen molar-refractivity contribution in [3.8, 4) is 0 Å². The van der Waals surface area contributed by atoms with E-state index in [0.29, 0.717) is 42.2 Å². The lowest BCUT2D eigenvalue weighted by Crippen LogP contribution is -2.45. The number of rotatable bonds is 6. The average molecular weight is 487 g/mol. The number of anilines is 1. The van der Waals surface area contributed by atoms with Crippen LogP contribution in [0.3, 0.4) is 0 Å². The van der Waals surface area contributed by atoms with Crippen LogP contribution in [-0.2, 0) is 17.5 Å². The molecule has 2 aromatic heterocycles. The lowest BCUT2D eigenvalue weighted by Gasteiger charge is -2.38. The number of hydrogen-bond acceptors (Lipinski definition) is 5. The number of pyridine rings is 2. The molecule has 0 bridgehead atoms. The minimum Gasteiger partial charge on any atom is -0.383 e. The van der Waals surface area contributed by atoms with Crippen LogP contribution in [0.25, 0.3) is 10.9 Å². The fraction of sp³-hybridized carbons (Fsp3) is 0.423. The van der Waals surface area contributed by atoms with Crippen LogP contribution in [0.15, 0.2) is 42.6 Å². The van der Waals surface area contributed by atoms with Gasteiger partial charge in [0.05, 0.1) is 23.3 Å². The van der Waals surface area contributed by atoms with E-state index in [0.717, 1.165) is 36.1 Å². The van der Waals surface area contributed by atoms with Gasteiger partial charge in [-0.3, -0.25) is 9.78 Å². The number of benzene rings is 1. The Labute approximate surface area is 202 Å². The minimum absolute atomic E-state index is 0.0996. The van der Waals surface area contributed by atoms with Gasteiger partial charge >= 0.3 is 6.18 Å². The Morgan fingerprint density at radius 2 is 1.94 bits per heavy atom. The largest absolute Gasteiger partial charge is 0.417 e. The van der Waals surface area contributed by atoms with Crippen molar-refractivity contribution >= 4 is 22.6 Å². The number of aromatic nitrogens is 2. The van der Waals surface area contributed by atoms with Crippen molar-refractivity contribution in [2.45, 2.75) is 51.9 Å². The quantitative estimate of drug-likeness (QED) is 0.506. The number of amides is 1. The molecule has 3 aromatic rings. The summed E-state index contributed by atoms with van der Waals surface area (Å²) in [5.74, 6) is 0.481. The first-order valence-corrected chi connectivity index (χ1v) is 11.7. The third kappa shape index (κ3) is 5.56. The molecule has 3 heterocycles. The first-order valence-electron chi connectivity index (χ1n) is 11.7. The minimum atomic E-state index is -4.46. The Morgan fingerprint density at radius 3 is 2.57 bits per heavy atom. The number of carbonyl (C=O) groups is 1. The van der Waals surface area contributed by atoms with E-state index >= 15 is 0 Å². The molecule has 1 aromatic carbocycles. The van der Waals surface area contributed by atoms with E-state index in [1.807, 2.05) is 19.9 Å². The monoisotopic (exact) mass is 486 g/mol. The van der Waals surface area contributed by atoms with E-state index in [1.165, 1.54) is 6.07 Å². The Balaban J connectivity index is 1.69. The zero-order valence-corrected chi connectivity index (χ0v) is 19.8. The van der Waals surface area contributed by atoms with E-state index in [-0.39, 0.29) is 24.4 Å². The van der Waals surface area contributed by atoms with Gasteiger partial charge in [-0.25, -0.2) is 4.98 Å². The molecule has 9 heteroatoms. The Morgan fingerprint density at radius 1 is 1.20 bits per heavy atom. The number of nitrogens with two attached hydrogens (primary N) is 1. The number of aryl methyl sites for hydroxylation is 1. The van der Waals surface area contributed by atoms with Gasteiger partial charge in [-0.05, 0) is 74.1 Å². The molecule has 1 aliphatic heterocycles. The molecule has 1 amide bonds. The summed E-state index contributed by atoms with van der Waals surface area (Å²) in [5, 5.41) is 0.800.